The van der Waals surface area contributed by atoms with Crippen molar-refractivity contribution in [2.24, 2.45) is 0 Å². The summed E-state index contributed by atoms with van der Waals surface area (Å²) in [6.45, 7) is 8.62. The van der Waals surface area contributed by atoms with Gasteiger partial charge in [-0.2, -0.15) is 0 Å². The molecule has 0 saturated heterocycles. The zero-order valence-corrected chi connectivity index (χ0v) is 17.5. The molecule has 0 atom stereocenters. The number of aromatic nitrogens is 4. The summed E-state index contributed by atoms with van der Waals surface area (Å²) >= 11 is 0. The highest BCUT2D eigenvalue weighted by molar-refractivity contribution is 5.80. The molecule has 0 amide bonds. The van der Waals surface area contributed by atoms with Gasteiger partial charge in [-0.05, 0) is 53.8 Å². The summed E-state index contributed by atoms with van der Waals surface area (Å²) < 4.78 is 7.55. The van der Waals surface area contributed by atoms with Crippen LogP contribution in [0.5, 0.6) is 5.75 Å². The van der Waals surface area contributed by atoms with E-state index in [2.05, 4.69) is 60.0 Å². The largest absolute Gasteiger partial charge is 0.495 e. The lowest BCUT2D eigenvalue weighted by Gasteiger charge is -2.18. The molecule has 29 heavy (non-hydrogen) atoms. The van der Waals surface area contributed by atoms with E-state index in [9.17, 15) is 0 Å². The summed E-state index contributed by atoms with van der Waals surface area (Å²) in [7, 11) is 1.68. The Morgan fingerprint density at radius 3 is 2.59 bits per heavy atom. The molecule has 0 unspecified atom stereocenters. The molecular formula is C24H26N4O. The highest BCUT2D eigenvalue weighted by Crippen LogP contribution is 2.27. The van der Waals surface area contributed by atoms with Crippen LogP contribution in [-0.2, 0) is 5.41 Å². The second-order valence-electron chi connectivity index (χ2n) is 8.29. The second-order valence-corrected chi connectivity index (χ2v) is 8.29. The number of H-pyrrole nitrogens is 1. The molecule has 148 valence electrons. The molecule has 2 aromatic carbocycles. The highest BCUT2D eigenvalue weighted by Gasteiger charge is 2.14. The van der Waals surface area contributed by atoms with Crippen LogP contribution in [0.15, 0.2) is 48.9 Å². The minimum atomic E-state index is 0.112. The van der Waals surface area contributed by atoms with Gasteiger partial charge in [-0.3, -0.25) is 0 Å². The SMILES string of the molecule is COc1cc(C=Cc2nc3ccc(C(C)(C)C)cc3[nH]2)ccc1-n1cnc(C)c1. The maximum atomic E-state index is 5.59. The molecule has 4 rings (SSSR count). The molecular weight excluding hydrogens is 360 g/mol. The van der Waals surface area contributed by atoms with Crippen molar-refractivity contribution >= 4 is 23.2 Å². The van der Waals surface area contributed by atoms with Gasteiger partial charge in [0.05, 0.1) is 35.9 Å². The molecule has 0 aliphatic heterocycles. The summed E-state index contributed by atoms with van der Waals surface area (Å²) in [6.07, 6.45) is 7.80. The second kappa shape index (κ2) is 7.24. The van der Waals surface area contributed by atoms with Crippen molar-refractivity contribution in [1.29, 1.82) is 0 Å². The van der Waals surface area contributed by atoms with Gasteiger partial charge in [0.2, 0.25) is 0 Å². The third-order valence-electron chi connectivity index (χ3n) is 4.99. The Balaban J connectivity index is 1.61. The summed E-state index contributed by atoms with van der Waals surface area (Å²) in [5, 5.41) is 0. The van der Waals surface area contributed by atoms with Crippen LogP contribution < -0.4 is 4.74 Å². The Morgan fingerprint density at radius 2 is 1.90 bits per heavy atom. The number of imidazole rings is 2. The smallest absolute Gasteiger partial charge is 0.143 e. The van der Waals surface area contributed by atoms with E-state index in [1.807, 2.05) is 42.0 Å². The Hall–Kier alpha value is -3.34. The molecule has 0 saturated carbocycles. The normalized spacial score (nSPS) is 12.2. The van der Waals surface area contributed by atoms with E-state index in [1.54, 1.807) is 13.4 Å². The van der Waals surface area contributed by atoms with Gasteiger partial charge in [0.25, 0.3) is 0 Å². The Labute approximate surface area is 171 Å². The molecule has 1 N–H and O–H groups in total. The maximum absolute atomic E-state index is 5.59. The number of hydrogen-bond acceptors (Lipinski definition) is 3. The summed E-state index contributed by atoms with van der Waals surface area (Å²) in [6, 6.07) is 12.5. The fraction of sp³-hybridized carbons (Fsp3) is 0.250. The molecule has 0 aliphatic carbocycles. The van der Waals surface area contributed by atoms with Crippen molar-refractivity contribution in [1.82, 2.24) is 19.5 Å². The fourth-order valence-electron chi connectivity index (χ4n) is 3.31. The number of hydrogen-bond donors (Lipinski definition) is 1. The monoisotopic (exact) mass is 386 g/mol. The van der Waals surface area contributed by atoms with Gasteiger partial charge >= 0.3 is 0 Å². The summed E-state index contributed by atoms with van der Waals surface area (Å²) in [5.74, 6) is 1.63. The molecule has 0 radical (unpaired) electrons. The van der Waals surface area contributed by atoms with Gasteiger partial charge < -0.3 is 14.3 Å². The van der Waals surface area contributed by atoms with Crippen LogP contribution in [0.1, 0.15) is 43.4 Å². The number of nitrogens with one attached hydrogen (secondary N) is 1. The predicted molar refractivity (Wildman–Crippen MR) is 119 cm³/mol. The number of benzene rings is 2. The maximum Gasteiger partial charge on any atom is 0.143 e. The molecule has 2 heterocycles. The highest BCUT2D eigenvalue weighted by atomic mass is 16.5. The van der Waals surface area contributed by atoms with E-state index >= 15 is 0 Å². The van der Waals surface area contributed by atoms with Crippen LogP contribution in [-0.4, -0.2) is 26.6 Å². The molecule has 4 aromatic rings. The van der Waals surface area contributed by atoms with E-state index in [-0.39, 0.29) is 5.41 Å². The van der Waals surface area contributed by atoms with Gasteiger partial charge in [0, 0.05) is 6.20 Å². The van der Waals surface area contributed by atoms with E-state index in [0.29, 0.717) is 0 Å². The molecule has 5 heteroatoms. The Kier molecular flexibility index (Phi) is 4.74. The molecule has 0 bridgehead atoms. The Bertz CT molecular complexity index is 1190. The molecule has 0 aliphatic rings. The van der Waals surface area contributed by atoms with Gasteiger partial charge in [-0.15, -0.1) is 0 Å². The van der Waals surface area contributed by atoms with Crippen molar-refractivity contribution < 1.29 is 4.74 Å². The average molecular weight is 386 g/mol. The summed E-state index contributed by atoms with van der Waals surface area (Å²) in [5.41, 5.74) is 6.40. The number of ether oxygens (including phenoxy) is 1. The van der Waals surface area contributed by atoms with Gasteiger partial charge in [0.1, 0.15) is 11.6 Å². The zero-order valence-electron chi connectivity index (χ0n) is 17.5. The topological polar surface area (TPSA) is 55.7 Å². The first kappa shape index (κ1) is 19.0. The average Bonchev–Trinajstić information content (AvgIpc) is 3.30. The minimum absolute atomic E-state index is 0.112. The van der Waals surface area contributed by atoms with Crippen molar-refractivity contribution in [3.05, 3.63) is 71.6 Å². The number of methoxy groups -OCH3 is 1. The number of aryl methyl sites for hydroxylation is 1. The standard InChI is InChI=1S/C24H26N4O/c1-16-14-28(15-25-16)21-10-6-17(12-22(21)29-5)7-11-23-26-19-9-8-18(24(2,3)4)13-20(19)27-23/h6-15H,1-5H3,(H,26,27). The third kappa shape index (κ3) is 3.94. The molecule has 5 nitrogen and oxygen atoms in total. The first-order valence-corrected chi connectivity index (χ1v) is 9.71. The van der Waals surface area contributed by atoms with Crippen LogP contribution in [0.3, 0.4) is 0 Å². The van der Waals surface area contributed by atoms with E-state index in [0.717, 1.165) is 39.6 Å². The van der Waals surface area contributed by atoms with Crippen molar-refractivity contribution in [2.45, 2.75) is 33.1 Å². The lowest BCUT2D eigenvalue weighted by molar-refractivity contribution is 0.413. The van der Waals surface area contributed by atoms with Crippen molar-refractivity contribution in [3.63, 3.8) is 0 Å². The predicted octanol–water partition coefficient (Wildman–Crippen LogP) is 5.53. The van der Waals surface area contributed by atoms with E-state index < -0.39 is 0 Å². The van der Waals surface area contributed by atoms with E-state index in [1.165, 1.54) is 5.56 Å². The zero-order chi connectivity index (χ0) is 20.6. The lowest BCUT2D eigenvalue weighted by Crippen LogP contribution is -2.10. The van der Waals surface area contributed by atoms with Crippen LogP contribution >= 0.6 is 0 Å². The fourth-order valence-corrected chi connectivity index (χ4v) is 3.31. The van der Waals surface area contributed by atoms with Crippen molar-refractivity contribution in [3.8, 4) is 11.4 Å². The van der Waals surface area contributed by atoms with Crippen LogP contribution in [0.2, 0.25) is 0 Å². The molecule has 0 fully saturated rings. The van der Waals surface area contributed by atoms with Crippen LogP contribution in [0.4, 0.5) is 0 Å². The number of aromatic amines is 1. The summed E-state index contributed by atoms with van der Waals surface area (Å²) in [4.78, 5) is 12.4. The Morgan fingerprint density at radius 1 is 1.07 bits per heavy atom. The quantitative estimate of drug-likeness (QED) is 0.501. The molecule has 2 aromatic heterocycles. The van der Waals surface area contributed by atoms with Crippen molar-refractivity contribution in [2.75, 3.05) is 7.11 Å². The van der Waals surface area contributed by atoms with Crippen LogP contribution in [0, 0.1) is 6.92 Å². The van der Waals surface area contributed by atoms with Crippen LogP contribution in [0.25, 0.3) is 28.9 Å². The number of fused-ring (bicyclic) bond motifs is 1. The number of nitrogens with zero attached hydrogens (tertiary/aromatic N) is 3. The van der Waals surface area contributed by atoms with Gasteiger partial charge in [0.15, 0.2) is 0 Å². The van der Waals surface area contributed by atoms with E-state index in [4.69, 9.17) is 4.74 Å². The number of rotatable bonds is 4. The van der Waals surface area contributed by atoms with Gasteiger partial charge in [-0.1, -0.05) is 39.0 Å². The first-order valence-electron chi connectivity index (χ1n) is 9.71. The third-order valence-corrected chi connectivity index (χ3v) is 4.99. The first-order chi connectivity index (χ1) is 13.8. The van der Waals surface area contributed by atoms with Gasteiger partial charge in [-0.25, -0.2) is 9.97 Å². The molecule has 0 spiro atoms. The lowest BCUT2D eigenvalue weighted by atomic mass is 9.87. The minimum Gasteiger partial charge on any atom is -0.495 e.